The molecule has 1 saturated heterocycles. The van der Waals surface area contributed by atoms with Gasteiger partial charge in [-0.3, -0.25) is 0 Å². The maximum absolute atomic E-state index is 5.46. The Morgan fingerprint density at radius 3 is 2.24 bits per heavy atom. The summed E-state index contributed by atoms with van der Waals surface area (Å²) in [4.78, 5) is 4.59. The van der Waals surface area contributed by atoms with Crippen LogP contribution in [0.15, 0.2) is 79.4 Å². The van der Waals surface area contributed by atoms with Gasteiger partial charge in [-0.25, -0.2) is 0 Å². The van der Waals surface area contributed by atoms with Gasteiger partial charge in [-0.15, -0.1) is 0 Å². The molecule has 148 valence electrons. The summed E-state index contributed by atoms with van der Waals surface area (Å²) in [6.07, 6.45) is 0. The molecular weight excluding hydrogens is 356 g/mol. The van der Waals surface area contributed by atoms with Crippen LogP contribution in [0.25, 0.3) is 5.57 Å². The first-order valence-corrected chi connectivity index (χ1v) is 10.2. The highest BCUT2D eigenvalue weighted by molar-refractivity contribution is 5.87. The summed E-state index contributed by atoms with van der Waals surface area (Å²) in [5, 5.41) is 0. The molecule has 0 atom stereocenters. The molecule has 4 rings (SSSR count). The molecule has 0 bridgehead atoms. The largest absolute Gasteiger partial charge is 0.378 e. The van der Waals surface area contributed by atoms with Gasteiger partial charge in [-0.2, -0.15) is 0 Å². The molecule has 0 radical (unpaired) electrons. The van der Waals surface area contributed by atoms with Crippen molar-refractivity contribution in [3.63, 3.8) is 0 Å². The maximum atomic E-state index is 5.46. The molecule has 3 aromatic carbocycles. The van der Waals surface area contributed by atoms with Gasteiger partial charge in [-0.1, -0.05) is 54.6 Å². The van der Waals surface area contributed by atoms with Crippen LogP contribution in [0.4, 0.5) is 17.1 Å². The number of aryl methyl sites for hydroxylation is 1. The quantitative estimate of drug-likeness (QED) is 0.564. The highest BCUT2D eigenvalue weighted by Gasteiger charge is 2.14. The van der Waals surface area contributed by atoms with Crippen LogP contribution in [0.1, 0.15) is 16.7 Å². The molecular formula is C26H28N2O. The number of morpholine rings is 1. The SMILES string of the molecule is C=C(c1ccc(N2CCOCC2)cc1)c1ccccc1N(C)c1ccc(C)cc1. The van der Waals surface area contributed by atoms with Crippen molar-refractivity contribution < 1.29 is 4.74 Å². The van der Waals surface area contributed by atoms with Gasteiger partial charge >= 0.3 is 0 Å². The van der Waals surface area contributed by atoms with E-state index in [1.54, 1.807) is 0 Å². The van der Waals surface area contributed by atoms with Crippen molar-refractivity contribution in [3.05, 3.63) is 96.1 Å². The zero-order valence-electron chi connectivity index (χ0n) is 17.3. The Kier molecular flexibility index (Phi) is 5.68. The van der Waals surface area contributed by atoms with Crippen molar-refractivity contribution in [2.45, 2.75) is 6.92 Å². The van der Waals surface area contributed by atoms with Gasteiger partial charge in [-0.05, 0) is 48.4 Å². The van der Waals surface area contributed by atoms with E-state index >= 15 is 0 Å². The molecule has 0 N–H and O–H groups in total. The molecule has 1 heterocycles. The second kappa shape index (κ2) is 8.54. The van der Waals surface area contributed by atoms with Crippen molar-refractivity contribution in [1.82, 2.24) is 0 Å². The van der Waals surface area contributed by atoms with Gasteiger partial charge in [0.2, 0.25) is 0 Å². The van der Waals surface area contributed by atoms with Gasteiger partial charge in [0.15, 0.2) is 0 Å². The molecule has 1 aliphatic heterocycles. The molecule has 3 aromatic rings. The molecule has 1 aliphatic rings. The number of anilines is 3. The number of ether oxygens (including phenoxy) is 1. The smallest absolute Gasteiger partial charge is 0.0642 e. The molecule has 0 saturated carbocycles. The van der Waals surface area contributed by atoms with Crippen LogP contribution in [-0.2, 0) is 4.74 Å². The first-order chi connectivity index (χ1) is 14.1. The number of hydrogen-bond acceptors (Lipinski definition) is 3. The summed E-state index contributed by atoms with van der Waals surface area (Å²) < 4.78 is 5.46. The normalized spacial score (nSPS) is 13.9. The van der Waals surface area contributed by atoms with E-state index in [2.05, 4.69) is 103 Å². The zero-order valence-corrected chi connectivity index (χ0v) is 17.3. The number of rotatable bonds is 5. The third-order valence-electron chi connectivity index (χ3n) is 5.60. The van der Waals surface area contributed by atoms with Gasteiger partial charge in [0.25, 0.3) is 0 Å². The van der Waals surface area contributed by atoms with Crippen LogP contribution in [0.2, 0.25) is 0 Å². The van der Waals surface area contributed by atoms with E-state index in [-0.39, 0.29) is 0 Å². The van der Waals surface area contributed by atoms with Crippen LogP contribution >= 0.6 is 0 Å². The van der Waals surface area contributed by atoms with Gasteiger partial charge < -0.3 is 14.5 Å². The average molecular weight is 385 g/mol. The third-order valence-corrected chi connectivity index (χ3v) is 5.60. The minimum absolute atomic E-state index is 0.799. The Morgan fingerprint density at radius 2 is 1.55 bits per heavy atom. The standard InChI is InChI=1S/C26H28N2O/c1-20-8-12-23(13-9-20)27(3)26-7-5-4-6-25(26)21(2)22-10-14-24(15-11-22)28-16-18-29-19-17-28/h4-15H,2,16-19H2,1,3H3. The Labute approximate surface area is 173 Å². The average Bonchev–Trinajstić information content (AvgIpc) is 2.79. The fourth-order valence-electron chi connectivity index (χ4n) is 3.78. The minimum atomic E-state index is 0.799. The lowest BCUT2D eigenvalue weighted by atomic mass is 9.97. The van der Waals surface area contributed by atoms with E-state index in [0.29, 0.717) is 0 Å². The Hall–Kier alpha value is -3.04. The zero-order chi connectivity index (χ0) is 20.2. The van der Waals surface area contributed by atoms with Crippen molar-refractivity contribution in [2.24, 2.45) is 0 Å². The number of nitrogens with zero attached hydrogens (tertiary/aromatic N) is 2. The van der Waals surface area contributed by atoms with Crippen LogP contribution < -0.4 is 9.80 Å². The Morgan fingerprint density at radius 1 is 0.897 bits per heavy atom. The van der Waals surface area contributed by atoms with E-state index in [0.717, 1.165) is 48.7 Å². The van der Waals surface area contributed by atoms with Crippen LogP contribution in [0, 0.1) is 6.92 Å². The van der Waals surface area contributed by atoms with E-state index in [1.807, 2.05) is 0 Å². The van der Waals surface area contributed by atoms with E-state index in [9.17, 15) is 0 Å². The van der Waals surface area contributed by atoms with Crippen LogP contribution in [-0.4, -0.2) is 33.4 Å². The fourth-order valence-corrected chi connectivity index (χ4v) is 3.78. The minimum Gasteiger partial charge on any atom is -0.378 e. The van der Waals surface area contributed by atoms with Crippen molar-refractivity contribution in [3.8, 4) is 0 Å². The predicted molar refractivity (Wildman–Crippen MR) is 123 cm³/mol. The molecule has 29 heavy (non-hydrogen) atoms. The first-order valence-electron chi connectivity index (χ1n) is 10.2. The van der Waals surface area contributed by atoms with E-state index in [4.69, 9.17) is 4.74 Å². The van der Waals surface area contributed by atoms with Crippen molar-refractivity contribution in [1.29, 1.82) is 0 Å². The maximum Gasteiger partial charge on any atom is 0.0642 e. The summed E-state index contributed by atoms with van der Waals surface area (Å²) in [5.41, 5.74) is 8.15. The highest BCUT2D eigenvalue weighted by atomic mass is 16.5. The Balaban J connectivity index is 1.60. The molecule has 0 spiro atoms. The highest BCUT2D eigenvalue weighted by Crippen LogP contribution is 2.34. The molecule has 1 fully saturated rings. The predicted octanol–water partition coefficient (Wildman–Crippen LogP) is 5.66. The second-order valence-electron chi connectivity index (χ2n) is 7.54. The lowest BCUT2D eigenvalue weighted by molar-refractivity contribution is 0.122. The monoisotopic (exact) mass is 384 g/mol. The summed E-state index contributed by atoms with van der Waals surface area (Å²) in [5.74, 6) is 0. The summed E-state index contributed by atoms with van der Waals surface area (Å²) in [7, 11) is 2.11. The van der Waals surface area contributed by atoms with Gasteiger partial charge in [0.1, 0.15) is 0 Å². The molecule has 3 nitrogen and oxygen atoms in total. The third kappa shape index (κ3) is 4.20. The topological polar surface area (TPSA) is 15.7 Å². The Bertz CT molecular complexity index is 970. The molecule has 3 heteroatoms. The number of benzene rings is 3. The second-order valence-corrected chi connectivity index (χ2v) is 7.54. The van der Waals surface area contributed by atoms with E-state index < -0.39 is 0 Å². The lowest BCUT2D eigenvalue weighted by Gasteiger charge is -2.29. The first kappa shape index (κ1) is 19.3. The van der Waals surface area contributed by atoms with Crippen LogP contribution in [0.3, 0.4) is 0 Å². The van der Waals surface area contributed by atoms with Crippen molar-refractivity contribution in [2.75, 3.05) is 43.2 Å². The lowest BCUT2D eigenvalue weighted by Crippen LogP contribution is -2.36. The molecule has 0 amide bonds. The van der Waals surface area contributed by atoms with E-state index in [1.165, 1.54) is 16.9 Å². The summed E-state index contributed by atoms with van der Waals surface area (Å²) in [6.45, 7) is 10.0. The van der Waals surface area contributed by atoms with Gasteiger partial charge in [0, 0.05) is 42.8 Å². The number of hydrogen-bond donors (Lipinski definition) is 0. The summed E-state index contributed by atoms with van der Waals surface area (Å²) in [6, 6.07) is 25.8. The summed E-state index contributed by atoms with van der Waals surface area (Å²) >= 11 is 0. The molecule has 0 aromatic heterocycles. The number of para-hydroxylation sites is 1. The van der Waals surface area contributed by atoms with Crippen molar-refractivity contribution >= 4 is 22.6 Å². The molecule has 0 aliphatic carbocycles. The fraction of sp³-hybridized carbons (Fsp3) is 0.231. The van der Waals surface area contributed by atoms with Crippen LogP contribution in [0.5, 0.6) is 0 Å². The molecule has 0 unspecified atom stereocenters. The van der Waals surface area contributed by atoms with Gasteiger partial charge in [0.05, 0.1) is 13.2 Å².